The lowest BCUT2D eigenvalue weighted by atomic mass is 10.1. The Kier molecular flexibility index (Phi) is 11.7. The molecule has 1 unspecified atom stereocenters. The Bertz CT molecular complexity index is 1860. The number of halogens is 7. The van der Waals surface area contributed by atoms with Crippen LogP contribution >= 0.6 is 11.8 Å². The van der Waals surface area contributed by atoms with Crippen molar-refractivity contribution in [2.45, 2.75) is 29.7 Å². The number of ether oxygens (including phenoxy) is 1. The second-order valence-electron chi connectivity index (χ2n) is 10.1. The van der Waals surface area contributed by atoms with E-state index in [0.717, 1.165) is 11.8 Å². The summed E-state index contributed by atoms with van der Waals surface area (Å²) in [5.41, 5.74) is -3.53. The second kappa shape index (κ2) is 15.7. The van der Waals surface area contributed by atoms with Gasteiger partial charge in [0, 0.05) is 16.1 Å². The van der Waals surface area contributed by atoms with Gasteiger partial charge in [0.1, 0.15) is 22.7 Å². The summed E-state index contributed by atoms with van der Waals surface area (Å²) < 4.78 is 101. The summed E-state index contributed by atoms with van der Waals surface area (Å²) in [6, 6.07) is 20.8. The first-order valence-electron chi connectivity index (χ1n) is 14.3. The van der Waals surface area contributed by atoms with Gasteiger partial charge in [-0.1, -0.05) is 43.3 Å². The Morgan fingerprint density at radius 1 is 0.837 bits per heavy atom. The minimum atomic E-state index is -5.74. The molecule has 0 aromatic heterocycles. The zero-order valence-corrected chi connectivity index (χ0v) is 26.4. The van der Waals surface area contributed by atoms with Gasteiger partial charge in [-0.3, -0.25) is 14.4 Å². The molecule has 0 heterocycles. The molecule has 3 amide bonds. The van der Waals surface area contributed by atoms with Crippen LogP contribution in [0.4, 0.5) is 42.1 Å². The van der Waals surface area contributed by atoms with Crippen LogP contribution in [0.25, 0.3) is 6.08 Å². The molecule has 4 aromatic carbocycles. The van der Waals surface area contributed by atoms with Gasteiger partial charge in [0.15, 0.2) is 23.3 Å². The van der Waals surface area contributed by atoms with Gasteiger partial charge in [0.2, 0.25) is 5.91 Å². The molecular formula is C34H26F7N3O4S. The van der Waals surface area contributed by atoms with Crippen molar-refractivity contribution in [3.63, 3.8) is 0 Å². The number of anilines is 2. The van der Waals surface area contributed by atoms with E-state index in [4.69, 9.17) is 4.74 Å². The number of nitrogens with one attached hydrogen (secondary N) is 3. The number of methoxy groups -OCH3 is 1. The van der Waals surface area contributed by atoms with E-state index in [0.29, 0.717) is 21.8 Å². The maximum atomic E-state index is 14.4. The summed E-state index contributed by atoms with van der Waals surface area (Å²) in [7, 11) is 1.49. The van der Waals surface area contributed by atoms with Gasteiger partial charge in [-0.05, 0) is 60.5 Å². The molecule has 1 atom stereocenters. The van der Waals surface area contributed by atoms with Crippen molar-refractivity contribution >= 4 is 46.9 Å². The molecule has 0 spiro atoms. The molecule has 0 aliphatic carbocycles. The van der Waals surface area contributed by atoms with Crippen molar-refractivity contribution in [3.8, 4) is 5.75 Å². The molecule has 0 bridgehead atoms. The molecule has 256 valence electrons. The van der Waals surface area contributed by atoms with Crippen LogP contribution in [0.1, 0.15) is 34.8 Å². The Balaban J connectivity index is 1.54. The van der Waals surface area contributed by atoms with Gasteiger partial charge in [0.05, 0.1) is 12.4 Å². The fourth-order valence-corrected chi connectivity index (χ4v) is 5.35. The summed E-state index contributed by atoms with van der Waals surface area (Å²) in [6.45, 7) is 1.51. The van der Waals surface area contributed by atoms with E-state index >= 15 is 0 Å². The molecule has 15 heteroatoms. The Morgan fingerprint density at radius 3 is 2.04 bits per heavy atom. The summed E-state index contributed by atoms with van der Waals surface area (Å²) in [5.74, 6) is -12.1. The van der Waals surface area contributed by atoms with Gasteiger partial charge in [0.25, 0.3) is 11.8 Å². The Hall–Kier alpha value is -5.31. The standard InChI is InChI=1S/C34H26F7N3O4S/c1-3-24(33(47)44-30-28(37)26(35)25(34(39,40)41)27(36)29(30)38)49-22-11-7-10-20(17-22)42-32(46)23(16-18-12-14-21(48-2)15-13-18)43-31(45)19-8-5-4-6-9-19/h4-17,24H,3H2,1-2H3,(H,42,46)(H,43,45)(H,44,47)/b23-16+. The van der Waals surface area contributed by atoms with Crippen LogP contribution in [0.15, 0.2) is 89.5 Å². The molecule has 0 aliphatic rings. The van der Waals surface area contributed by atoms with E-state index in [-0.39, 0.29) is 17.8 Å². The summed E-state index contributed by atoms with van der Waals surface area (Å²) in [5, 5.41) is 5.74. The maximum Gasteiger partial charge on any atom is 0.422 e. The van der Waals surface area contributed by atoms with Crippen molar-refractivity contribution in [1.82, 2.24) is 5.32 Å². The highest BCUT2D eigenvalue weighted by atomic mass is 32.2. The molecule has 0 aliphatic heterocycles. The van der Waals surface area contributed by atoms with Crippen LogP contribution < -0.4 is 20.7 Å². The number of alkyl halides is 3. The third kappa shape index (κ3) is 8.99. The number of thioether (sulfide) groups is 1. The molecule has 7 nitrogen and oxygen atoms in total. The Morgan fingerprint density at radius 2 is 1.47 bits per heavy atom. The van der Waals surface area contributed by atoms with E-state index in [9.17, 15) is 45.1 Å². The highest BCUT2D eigenvalue weighted by Crippen LogP contribution is 2.39. The zero-order valence-electron chi connectivity index (χ0n) is 25.6. The van der Waals surface area contributed by atoms with Gasteiger partial charge in [-0.25, -0.2) is 17.6 Å². The first-order chi connectivity index (χ1) is 23.2. The third-order valence-corrected chi connectivity index (χ3v) is 8.14. The predicted octanol–water partition coefficient (Wildman–Crippen LogP) is 8.19. The zero-order chi connectivity index (χ0) is 35.9. The lowest BCUT2D eigenvalue weighted by Crippen LogP contribution is -2.30. The number of amides is 3. The first kappa shape index (κ1) is 36.5. The van der Waals surface area contributed by atoms with Crippen LogP contribution in [-0.4, -0.2) is 30.1 Å². The van der Waals surface area contributed by atoms with Crippen LogP contribution in [0, 0.1) is 23.3 Å². The van der Waals surface area contributed by atoms with Crippen molar-refractivity contribution in [1.29, 1.82) is 0 Å². The van der Waals surface area contributed by atoms with Crippen molar-refractivity contribution < 1.29 is 49.9 Å². The highest BCUT2D eigenvalue weighted by Gasteiger charge is 2.42. The number of rotatable bonds is 11. The van der Waals surface area contributed by atoms with Crippen molar-refractivity contribution in [2.75, 3.05) is 17.7 Å². The number of benzene rings is 4. The van der Waals surface area contributed by atoms with Crippen LogP contribution in [0.5, 0.6) is 5.75 Å². The fourth-order valence-electron chi connectivity index (χ4n) is 4.34. The van der Waals surface area contributed by atoms with E-state index in [2.05, 4.69) is 10.6 Å². The second-order valence-corrected chi connectivity index (χ2v) is 11.4. The molecule has 4 aromatic rings. The quantitative estimate of drug-likeness (QED) is 0.0633. The highest BCUT2D eigenvalue weighted by molar-refractivity contribution is 8.00. The molecule has 3 N–H and O–H groups in total. The monoisotopic (exact) mass is 705 g/mol. The van der Waals surface area contributed by atoms with E-state index in [1.165, 1.54) is 44.4 Å². The van der Waals surface area contributed by atoms with Gasteiger partial charge in [-0.15, -0.1) is 11.8 Å². The van der Waals surface area contributed by atoms with E-state index in [1.807, 2.05) is 0 Å². The number of carbonyl (C=O) groups excluding carboxylic acids is 3. The average molecular weight is 706 g/mol. The van der Waals surface area contributed by atoms with Crippen LogP contribution in [-0.2, 0) is 15.8 Å². The third-order valence-electron chi connectivity index (χ3n) is 6.78. The molecule has 4 rings (SSSR count). The summed E-state index contributed by atoms with van der Waals surface area (Å²) >= 11 is 0.835. The van der Waals surface area contributed by atoms with Gasteiger partial charge >= 0.3 is 6.18 Å². The fraction of sp³-hybridized carbons (Fsp3) is 0.147. The molecular weight excluding hydrogens is 679 g/mol. The van der Waals surface area contributed by atoms with E-state index < -0.39 is 63.7 Å². The minimum Gasteiger partial charge on any atom is -0.497 e. The van der Waals surface area contributed by atoms with E-state index in [1.54, 1.807) is 59.9 Å². The Labute approximate surface area is 279 Å². The van der Waals surface area contributed by atoms with Gasteiger partial charge < -0.3 is 20.7 Å². The first-order valence-corrected chi connectivity index (χ1v) is 15.2. The number of carbonyl (C=O) groups is 3. The summed E-state index contributed by atoms with van der Waals surface area (Å²) in [6.07, 6.45) is -4.29. The molecule has 0 saturated heterocycles. The predicted molar refractivity (Wildman–Crippen MR) is 170 cm³/mol. The lowest BCUT2D eigenvalue weighted by molar-refractivity contribution is -0.143. The molecule has 49 heavy (non-hydrogen) atoms. The lowest BCUT2D eigenvalue weighted by Gasteiger charge is -2.18. The molecule has 0 saturated carbocycles. The summed E-state index contributed by atoms with van der Waals surface area (Å²) in [4.78, 5) is 39.6. The molecule has 0 fully saturated rings. The van der Waals surface area contributed by atoms with Crippen molar-refractivity contribution in [3.05, 3.63) is 125 Å². The smallest absolute Gasteiger partial charge is 0.422 e. The number of hydrogen-bond donors (Lipinski definition) is 3. The van der Waals surface area contributed by atoms with Crippen LogP contribution in [0.2, 0.25) is 0 Å². The normalized spacial score (nSPS) is 12.2. The van der Waals surface area contributed by atoms with Gasteiger partial charge in [-0.2, -0.15) is 13.2 Å². The minimum absolute atomic E-state index is 0.00217. The SMILES string of the molecule is CCC(Sc1cccc(NC(=O)/C(=C\c2ccc(OC)cc2)NC(=O)c2ccccc2)c1)C(=O)Nc1c(F)c(F)c(C(F)(F)F)c(F)c1F. The maximum absolute atomic E-state index is 14.4. The molecule has 0 radical (unpaired) electrons. The average Bonchev–Trinajstić information content (AvgIpc) is 3.08. The number of hydrogen-bond acceptors (Lipinski definition) is 5. The largest absolute Gasteiger partial charge is 0.497 e. The topological polar surface area (TPSA) is 96.5 Å². The van der Waals surface area contributed by atoms with Crippen molar-refractivity contribution in [2.24, 2.45) is 0 Å². The van der Waals surface area contributed by atoms with Crippen LogP contribution in [0.3, 0.4) is 0 Å².